The Hall–Kier alpha value is -0.0200. The fourth-order valence-electron chi connectivity index (χ4n) is 0.879. The molecule has 0 aromatic heterocycles. The molecule has 2 aromatic rings. The van der Waals surface area contributed by atoms with Crippen LogP contribution in [0.4, 0.5) is 0 Å². The van der Waals surface area contributed by atoms with Gasteiger partial charge in [0.05, 0.1) is 10.0 Å². The highest BCUT2D eigenvalue weighted by Crippen LogP contribution is 2.20. The van der Waals surface area contributed by atoms with Gasteiger partial charge in [-0.1, -0.05) is 47.5 Å². The first-order valence-electron chi connectivity index (χ1n) is 4.41. The van der Waals surface area contributed by atoms with Crippen molar-refractivity contribution in [2.45, 2.75) is 0 Å². The summed E-state index contributed by atoms with van der Waals surface area (Å²) >= 11 is 17.9. The van der Waals surface area contributed by atoms with E-state index in [2.05, 4.69) is 31.9 Å². The van der Waals surface area contributed by atoms with E-state index < -0.39 is 0 Å². The molecule has 2 aromatic carbocycles. The van der Waals surface area contributed by atoms with E-state index in [1.165, 1.54) is 0 Å². The summed E-state index contributed by atoms with van der Waals surface area (Å²) in [5, 5.41) is 1.51. The molecule has 0 aliphatic carbocycles. The minimum Gasteiger partial charge on any atom is -0.0831 e. The number of hydrogen-bond donors (Lipinski definition) is 0. The number of halogens is 4. The van der Waals surface area contributed by atoms with E-state index in [1.807, 2.05) is 48.5 Å². The Balaban J connectivity index is 0.000000160. The third-order valence-corrected chi connectivity index (χ3v) is 4.15. The van der Waals surface area contributed by atoms with Gasteiger partial charge in [0.15, 0.2) is 0 Å². The van der Waals surface area contributed by atoms with Crippen molar-refractivity contribution in [2.24, 2.45) is 0 Å². The van der Waals surface area contributed by atoms with Crippen LogP contribution in [0.3, 0.4) is 0 Å². The zero-order valence-corrected chi connectivity index (χ0v) is 12.8. The lowest BCUT2D eigenvalue weighted by atomic mass is 10.4. The van der Waals surface area contributed by atoms with Crippen molar-refractivity contribution in [3.8, 4) is 0 Å². The van der Waals surface area contributed by atoms with E-state index in [0.717, 1.165) is 19.0 Å². The van der Waals surface area contributed by atoms with E-state index in [9.17, 15) is 0 Å². The Labute approximate surface area is 122 Å². The van der Waals surface area contributed by atoms with E-state index >= 15 is 0 Å². The highest BCUT2D eigenvalue weighted by molar-refractivity contribution is 9.10. The van der Waals surface area contributed by atoms with Gasteiger partial charge >= 0.3 is 0 Å². The summed E-state index contributed by atoms with van der Waals surface area (Å²) in [6, 6.07) is 15.1. The molecular formula is C12H8Br2Cl2. The molecule has 0 bridgehead atoms. The maximum absolute atomic E-state index is 5.66. The summed E-state index contributed by atoms with van der Waals surface area (Å²) in [7, 11) is 0. The summed E-state index contributed by atoms with van der Waals surface area (Å²) < 4.78 is 1.89. The second kappa shape index (κ2) is 7.33. The molecule has 0 nitrogen and oxygen atoms in total. The molecule has 0 saturated heterocycles. The van der Waals surface area contributed by atoms with Gasteiger partial charge in [0, 0.05) is 8.95 Å². The molecule has 84 valence electrons. The Morgan fingerprint density at radius 1 is 0.625 bits per heavy atom. The third-order valence-electron chi connectivity index (χ3n) is 1.65. The second-order valence-corrected chi connectivity index (χ2v) is 5.35. The summed E-state index contributed by atoms with van der Waals surface area (Å²) in [5.74, 6) is 0. The van der Waals surface area contributed by atoms with Crippen LogP contribution in [0.1, 0.15) is 0 Å². The Bertz CT molecular complexity index is 373. The molecule has 0 N–H and O–H groups in total. The predicted octanol–water partition coefficient (Wildman–Crippen LogP) is 6.21. The third kappa shape index (κ3) is 4.88. The SMILES string of the molecule is Clc1ccccc1Br.Clc1ccccc1Br. The van der Waals surface area contributed by atoms with Gasteiger partial charge in [0.25, 0.3) is 0 Å². The quantitative estimate of drug-likeness (QED) is 0.508. The Morgan fingerprint density at radius 3 is 1.12 bits per heavy atom. The van der Waals surface area contributed by atoms with Crippen molar-refractivity contribution in [2.75, 3.05) is 0 Å². The van der Waals surface area contributed by atoms with E-state index in [1.54, 1.807) is 0 Å². The summed E-state index contributed by atoms with van der Waals surface area (Å²) in [5.41, 5.74) is 0. The molecule has 4 heteroatoms. The molecule has 2 rings (SSSR count). The highest BCUT2D eigenvalue weighted by atomic mass is 79.9. The monoisotopic (exact) mass is 380 g/mol. The van der Waals surface area contributed by atoms with Gasteiger partial charge in [-0.15, -0.1) is 0 Å². The molecule has 0 fully saturated rings. The summed E-state index contributed by atoms with van der Waals surface area (Å²) in [6.07, 6.45) is 0. The van der Waals surface area contributed by atoms with Crippen LogP contribution < -0.4 is 0 Å². The van der Waals surface area contributed by atoms with Crippen LogP contribution in [-0.2, 0) is 0 Å². The van der Waals surface area contributed by atoms with E-state index in [0.29, 0.717) is 0 Å². The van der Waals surface area contributed by atoms with Crippen LogP contribution in [0.25, 0.3) is 0 Å². The van der Waals surface area contributed by atoms with Crippen LogP contribution in [0.15, 0.2) is 57.5 Å². The van der Waals surface area contributed by atoms with Gasteiger partial charge in [-0.05, 0) is 56.1 Å². The lowest BCUT2D eigenvalue weighted by Crippen LogP contribution is -1.62. The smallest absolute Gasteiger partial charge is 0.0548 e. The van der Waals surface area contributed by atoms with Gasteiger partial charge in [0.2, 0.25) is 0 Å². The van der Waals surface area contributed by atoms with Crippen LogP contribution >= 0.6 is 55.1 Å². The zero-order valence-electron chi connectivity index (χ0n) is 8.13. The van der Waals surface area contributed by atoms with Crippen molar-refractivity contribution in [1.82, 2.24) is 0 Å². The maximum atomic E-state index is 5.66. The predicted molar refractivity (Wildman–Crippen MR) is 78.3 cm³/mol. The fraction of sp³-hybridized carbons (Fsp3) is 0. The lowest BCUT2D eigenvalue weighted by Gasteiger charge is -1.88. The average molecular weight is 383 g/mol. The molecule has 0 spiro atoms. The van der Waals surface area contributed by atoms with Crippen LogP contribution in [0.5, 0.6) is 0 Å². The van der Waals surface area contributed by atoms with Crippen LogP contribution in [0, 0.1) is 0 Å². The van der Waals surface area contributed by atoms with Crippen molar-refractivity contribution < 1.29 is 0 Å². The number of rotatable bonds is 0. The van der Waals surface area contributed by atoms with Gasteiger partial charge in [-0.25, -0.2) is 0 Å². The molecular weight excluding hydrogens is 375 g/mol. The number of benzene rings is 2. The van der Waals surface area contributed by atoms with Crippen molar-refractivity contribution >= 4 is 55.1 Å². The first-order chi connectivity index (χ1) is 7.61. The average Bonchev–Trinajstić information content (AvgIpc) is 2.28. The van der Waals surface area contributed by atoms with Crippen LogP contribution in [-0.4, -0.2) is 0 Å². The molecule has 16 heavy (non-hydrogen) atoms. The largest absolute Gasteiger partial charge is 0.0831 e. The zero-order chi connectivity index (χ0) is 12.0. The topological polar surface area (TPSA) is 0 Å². The Kier molecular flexibility index (Phi) is 6.44. The molecule has 0 saturated carbocycles. The van der Waals surface area contributed by atoms with Crippen molar-refractivity contribution in [3.63, 3.8) is 0 Å². The molecule has 0 aliphatic heterocycles. The maximum Gasteiger partial charge on any atom is 0.0548 e. The molecule has 0 radical (unpaired) electrons. The number of hydrogen-bond acceptors (Lipinski definition) is 0. The molecule has 0 heterocycles. The van der Waals surface area contributed by atoms with Gasteiger partial charge in [-0.3, -0.25) is 0 Å². The Morgan fingerprint density at radius 2 is 0.938 bits per heavy atom. The van der Waals surface area contributed by atoms with Crippen LogP contribution in [0.2, 0.25) is 10.0 Å². The van der Waals surface area contributed by atoms with E-state index in [-0.39, 0.29) is 0 Å². The first kappa shape index (κ1) is 14.0. The summed E-state index contributed by atoms with van der Waals surface area (Å²) in [4.78, 5) is 0. The summed E-state index contributed by atoms with van der Waals surface area (Å²) in [6.45, 7) is 0. The molecule has 0 aliphatic rings. The van der Waals surface area contributed by atoms with Crippen molar-refractivity contribution in [3.05, 3.63) is 67.5 Å². The highest BCUT2D eigenvalue weighted by Gasteiger charge is 1.89. The van der Waals surface area contributed by atoms with Gasteiger partial charge in [-0.2, -0.15) is 0 Å². The normalized spacial score (nSPS) is 9.25. The van der Waals surface area contributed by atoms with E-state index in [4.69, 9.17) is 23.2 Å². The molecule has 0 amide bonds. The van der Waals surface area contributed by atoms with Gasteiger partial charge < -0.3 is 0 Å². The van der Waals surface area contributed by atoms with Gasteiger partial charge in [0.1, 0.15) is 0 Å². The fourth-order valence-corrected chi connectivity index (χ4v) is 1.72. The first-order valence-corrected chi connectivity index (χ1v) is 6.75. The molecule has 0 atom stereocenters. The van der Waals surface area contributed by atoms with Crippen molar-refractivity contribution in [1.29, 1.82) is 0 Å². The lowest BCUT2D eigenvalue weighted by molar-refractivity contribution is 1.65. The molecule has 0 unspecified atom stereocenters. The second-order valence-electron chi connectivity index (χ2n) is 2.83. The standard InChI is InChI=1S/2C6H4BrCl/c2*7-5-3-1-2-4-6(5)8/h2*1-4H. The minimum absolute atomic E-state index is 0.757. The minimum atomic E-state index is 0.757.